The summed E-state index contributed by atoms with van der Waals surface area (Å²) < 4.78 is 9.99. The van der Waals surface area contributed by atoms with Crippen LogP contribution < -0.4 is 5.32 Å². The number of benzene rings is 1. The molecule has 1 atom stereocenters. The molecule has 1 aliphatic carbocycles. The number of rotatable bonds is 6. The summed E-state index contributed by atoms with van der Waals surface area (Å²) >= 11 is 5.44. The van der Waals surface area contributed by atoms with E-state index in [9.17, 15) is 9.59 Å². The normalized spacial score (nSPS) is 16.0. The van der Waals surface area contributed by atoms with E-state index in [1.165, 1.54) is 0 Å². The second kappa shape index (κ2) is 8.63. The van der Waals surface area contributed by atoms with Gasteiger partial charge < -0.3 is 14.8 Å². The van der Waals surface area contributed by atoms with E-state index in [1.807, 2.05) is 30.3 Å². The molecular formula is C16H20ClNO4. The molecule has 1 saturated carbocycles. The maximum Gasteiger partial charge on any atom is 0.408 e. The second-order valence-corrected chi connectivity index (χ2v) is 5.52. The van der Waals surface area contributed by atoms with Crippen LogP contribution in [-0.2, 0) is 20.9 Å². The van der Waals surface area contributed by atoms with Gasteiger partial charge in [-0.3, -0.25) is 0 Å². The molecule has 0 aliphatic heterocycles. The van der Waals surface area contributed by atoms with Crippen LogP contribution in [0.15, 0.2) is 30.3 Å². The van der Waals surface area contributed by atoms with Crippen LogP contribution in [0, 0.1) is 5.92 Å². The summed E-state index contributed by atoms with van der Waals surface area (Å²) in [6.07, 6.45) is 3.26. The molecule has 0 bridgehead atoms. The Balaban J connectivity index is 1.88. The van der Waals surface area contributed by atoms with Crippen LogP contribution in [0.4, 0.5) is 4.79 Å². The number of nitrogens with one attached hydrogen (secondary N) is 1. The van der Waals surface area contributed by atoms with Crippen molar-refractivity contribution in [1.82, 2.24) is 5.32 Å². The molecule has 1 aromatic carbocycles. The Labute approximate surface area is 134 Å². The van der Waals surface area contributed by atoms with Gasteiger partial charge in [0.25, 0.3) is 0 Å². The van der Waals surface area contributed by atoms with Gasteiger partial charge in [-0.25, -0.2) is 9.59 Å². The number of carbonyl (C=O) groups excluding carboxylic acids is 2. The van der Waals surface area contributed by atoms with Crippen LogP contribution >= 0.6 is 11.6 Å². The van der Waals surface area contributed by atoms with E-state index in [0.717, 1.165) is 31.2 Å². The first-order valence-corrected chi connectivity index (χ1v) is 7.94. The van der Waals surface area contributed by atoms with E-state index >= 15 is 0 Å². The Morgan fingerprint density at radius 1 is 1.18 bits per heavy atom. The maximum absolute atomic E-state index is 12.0. The molecule has 0 saturated heterocycles. The minimum atomic E-state index is -0.690. The Bertz CT molecular complexity index is 488. The van der Waals surface area contributed by atoms with Crippen LogP contribution in [0.25, 0.3) is 0 Å². The zero-order chi connectivity index (χ0) is 15.8. The summed E-state index contributed by atoms with van der Waals surface area (Å²) in [5.74, 6) is -0.418. The number of alkyl carbamates (subject to hydrolysis) is 1. The van der Waals surface area contributed by atoms with Crippen LogP contribution in [-0.4, -0.2) is 24.2 Å². The Morgan fingerprint density at radius 2 is 1.86 bits per heavy atom. The molecule has 1 amide bonds. The minimum absolute atomic E-state index is 0.0833. The van der Waals surface area contributed by atoms with Crippen molar-refractivity contribution in [1.29, 1.82) is 0 Å². The van der Waals surface area contributed by atoms with Crippen molar-refractivity contribution >= 4 is 23.7 Å². The lowest BCUT2D eigenvalue weighted by Crippen LogP contribution is -2.46. The topological polar surface area (TPSA) is 64.6 Å². The SMILES string of the molecule is O=C(NC(C(=O)OCCl)C1CCCC1)OCc1ccccc1. The highest BCUT2D eigenvalue weighted by Crippen LogP contribution is 2.28. The number of halogens is 1. The highest BCUT2D eigenvalue weighted by atomic mass is 35.5. The predicted octanol–water partition coefficient (Wildman–Crippen LogP) is 3.21. The molecule has 0 radical (unpaired) electrons. The number of hydrogen-bond donors (Lipinski definition) is 1. The van der Waals surface area contributed by atoms with E-state index in [4.69, 9.17) is 21.1 Å². The fraction of sp³-hybridized carbons (Fsp3) is 0.500. The molecule has 2 rings (SSSR count). The molecule has 0 aromatic heterocycles. The summed E-state index contributed by atoms with van der Waals surface area (Å²) in [5, 5.41) is 2.62. The number of esters is 1. The Morgan fingerprint density at radius 3 is 2.50 bits per heavy atom. The molecule has 5 nitrogen and oxygen atoms in total. The van der Waals surface area contributed by atoms with Gasteiger partial charge in [0.05, 0.1) is 0 Å². The molecule has 120 valence electrons. The fourth-order valence-electron chi connectivity index (χ4n) is 2.70. The van der Waals surface area contributed by atoms with Gasteiger partial charge in [-0.15, -0.1) is 0 Å². The van der Waals surface area contributed by atoms with Gasteiger partial charge >= 0.3 is 12.1 Å². The zero-order valence-corrected chi connectivity index (χ0v) is 13.1. The van der Waals surface area contributed by atoms with Crippen LogP contribution in [0.2, 0.25) is 0 Å². The number of ether oxygens (including phenoxy) is 2. The molecule has 0 spiro atoms. The lowest BCUT2D eigenvalue weighted by atomic mass is 9.98. The molecule has 1 N–H and O–H groups in total. The van der Waals surface area contributed by atoms with Gasteiger partial charge in [-0.2, -0.15) is 0 Å². The van der Waals surface area contributed by atoms with E-state index < -0.39 is 18.1 Å². The molecule has 6 heteroatoms. The Hall–Kier alpha value is -1.75. The van der Waals surface area contributed by atoms with Crippen LogP contribution in [0.3, 0.4) is 0 Å². The van der Waals surface area contributed by atoms with Crippen molar-refractivity contribution in [3.63, 3.8) is 0 Å². The van der Waals surface area contributed by atoms with Gasteiger partial charge in [-0.05, 0) is 24.3 Å². The van der Waals surface area contributed by atoms with Gasteiger partial charge in [0.15, 0.2) is 6.07 Å². The van der Waals surface area contributed by atoms with Crippen LogP contribution in [0.1, 0.15) is 31.2 Å². The van der Waals surface area contributed by atoms with Crippen molar-refractivity contribution in [3.05, 3.63) is 35.9 Å². The smallest absolute Gasteiger partial charge is 0.408 e. The first-order chi connectivity index (χ1) is 10.7. The third-order valence-corrected chi connectivity index (χ3v) is 3.92. The summed E-state index contributed by atoms with van der Waals surface area (Å²) in [5.41, 5.74) is 0.887. The number of carbonyl (C=O) groups is 2. The molecule has 1 unspecified atom stereocenters. The lowest BCUT2D eigenvalue weighted by molar-refractivity contribution is -0.145. The van der Waals surface area contributed by atoms with Crippen molar-refractivity contribution in [2.45, 2.75) is 38.3 Å². The van der Waals surface area contributed by atoms with Crippen LogP contribution in [0.5, 0.6) is 0 Å². The van der Waals surface area contributed by atoms with Crippen molar-refractivity contribution in [3.8, 4) is 0 Å². The summed E-state index contributed by atoms with van der Waals surface area (Å²) in [6.45, 7) is 0.161. The molecule has 1 aliphatic rings. The minimum Gasteiger partial charge on any atom is -0.448 e. The second-order valence-electron chi connectivity index (χ2n) is 5.30. The van der Waals surface area contributed by atoms with Crippen molar-refractivity contribution in [2.24, 2.45) is 5.92 Å². The molecular weight excluding hydrogens is 306 g/mol. The summed E-state index contributed by atoms with van der Waals surface area (Å²) in [7, 11) is 0. The van der Waals surface area contributed by atoms with E-state index in [0.29, 0.717) is 0 Å². The Kier molecular flexibility index (Phi) is 6.52. The monoisotopic (exact) mass is 325 g/mol. The summed E-state index contributed by atoms with van der Waals surface area (Å²) in [4.78, 5) is 23.9. The molecule has 1 aromatic rings. The van der Waals surface area contributed by atoms with E-state index in [1.54, 1.807) is 0 Å². The standard InChI is InChI=1S/C16H20ClNO4/c17-11-22-15(19)14(13-8-4-5-9-13)18-16(20)21-10-12-6-2-1-3-7-12/h1-3,6-7,13-14H,4-5,8-11H2,(H,18,20). The van der Waals surface area contributed by atoms with Gasteiger partial charge in [0.1, 0.15) is 12.6 Å². The largest absolute Gasteiger partial charge is 0.448 e. The summed E-state index contributed by atoms with van der Waals surface area (Å²) in [6, 6.07) is 8.45. The molecule has 0 heterocycles. The molecule has 22 heavy (non-hydrogen) atoms. The van der Waals surface area contributed by atoms with E-state index in [-0.39, 0.29) is 18.6 Å². The third-order valence-electron chi connectivity index (χ3n) is 3.81. The number of alkyl halides is 1. The third kappa shape index (κ3) is 4.91. The highest BCUT2D eigenvalue weighted by molar-refractivity contribution is 6.17. The van der Waals surface area contributed by atoms with Gasteiger partial charge in [-0.1, -0.05) is 54.8 Å². The van der Waals surface area contributed by atoms with Crippen molar-refractivity contribution in [2.75, 3.05) is 6.07 Å². The zero-order valence-electron chi connectivity index (χ0n) is 12.3. The predicted molar refractivity (Wildman–Crippen MR) is 82.3 cm³/mol. The lowest BCUT2D eigenvalue weighted by Gasteiger charge is -2.22. The average molecular weight is 326 g/mol. The van der Waals surface area contributed by atoms with E-state index in [2.05, 4.69) is 5.32 Å². The fourth-order valence-corrected chi connectivity index (χ4v) is 2.80. The van der Waals surface area contributed by atoms with Gasteiger partial charge in [0, 0.05) is 0 Å². The maximum atomic E-state index is 12.0. The average Bonchev–Trinajstić information content (AvgIpc) is 3.06. The van der Waals surface area contributed by atoms with Crippen molar-refractivity contribution < 1.29 is 19.1 Å². The number of hydrogen-bond acceptors (Lipinski definition) is 4. The molecule has 1 fully saturated rings. The first-order valence-electron chi connectivity index (χ1n) is 7.40. The highest BCUT2D eigenvalue weighted by Gasteiger charge is 2.33. The number of amides is 1. The first kappa shape index (κ1) is 16.6. The van der Waals surface area contributed by atoms with Gasteiger partial charge in [0.2, 0.25) is 0 Å². The quantitative estimate of drug-likeness (QED) is 0.644.